The maximum absolute atomic E-state index is 13.4. The van der Waals surface area contributed by atoms with Crippen molar-refractivity contribution in [2.24, 2.45) is 17.8 Å². The predicted molar refractivity (Wildman–Crippen MR) is 63.3 cm³/mol. The minimum atomic E-state index is -2.63. The van der Waals surface area contributed by atoms with Gasteiger partial charge in [-0.1, -0.05) is 0 Å². The van der Waals surface area contributed by atoms with E-state index in [1.54, 1.807) is 0 Å². The van der Waals surface area contributed by atoms with Gasteiger partial charge in [0.05, 0.1) is 0 Å². The second kappa shape index (κ2) is 4.44. The zero-order chi connectivity index (χ0) is 12.8. The summed E-state index contributed by atoms with van der Waals surface area (Å²) < 4.78 is 26.7. The minimum Gasteiger partial charge on any atom is -0.342 e. The number of fused-ring (bicyclic) bond motifs is 1. The molecule has 1 N–H and O–H groups in total. The number of amides is 1. The minimum absolute atomic E-state index is 0.0243. The van der Waals surface area contributed by atoms with E-state index < -0.39 is 11.8 Å². The van der Waals surface area contributed by atoms with Crippen LogP contribution in [-0.4, -0.2) is 42.9 Å². The molecule has 2 aliphatic heterocycles. The summed E-state index contributed by atoms with van der Waals surface area (Å²) >= 11 is 0. The number of halogens is 2. The van der Waals surface area contributed by atoms with E-state index in [9.17, 15) is 13.6 Å². The highest BCUT2D eigenvalue weighted by molar-refractivity contribution is 5.79. The third-order valence-electron chi connectivity index (χ3n) is 4.69. The molecule has 18 heavy (non-hydrogen) atoms. The number of alkyl halides is 2. The molecule has 2 saturated heterocycles. The van der Waals surface area contributed by atoms with Crippen molar-refractivity contribution in [3.05, 3.63) is 0 Å². The molecule has 0 spiro atoms. The van der Waals surface area contributed by atoms with Crippen molar-refractivity contribution in [1.29, 1.82) is 0 Å². The normalized spacial score (nSPS) is 38.8. The van der Waals surface area contributed by atoms with Crippen molar-refractivity contribution in [2.45, 2.75) is 31.6 Å². The first-order valence-corrected chi connectivity index (χ1v) is 6.92. The van der Waals surface area contributed by atoms with Gasteiger partial charge in [0, 0.05) is 44.9 Å². The Morgan fingerprint density at radius 3 is 2.50 bits per heavy atom. The Balaban J connectivity index is 1.61. The molecule has 1 saturated carbocycles. The van der Waals surface area contributed by atoms with E-state index in [2.05, 4.69) is 5.32 Å². The average molecular weight is 258 g/mol. The Labute approximate surface area is 106 Å². The van der Waals surface area contributed by atoms with Gasteiger partial charge in [-0.2, -0.15) is 0 Å². The molecule has 0 aromatic rings. The Morgan fingerprint density at radius 2 is 1.89 bits per heavy atom. The number of nitrogens with zero attached hydrogens (tertiary/aromatic N) is 1. The lowest BCUT2D eigenvalue weighted by Gasteiger charge is -2.31. The van der Waals surface area contributed by atoms with E-state index in [4.69, 9.17) is 0 Å². The van der Waals surface area contributed by atoms with Crippen LogP contribution in [0.3, 0.4) is 0 Å². The van der Waals surface area contributed by atoms with E-state index in [0.717, 1.165) is 26.2 Å². The summed E-state index contributed by atoms with van der Waals surface area (Å²) in [5.41, 5.74) is 0. The maximum atomic E-state index is 13.4. The molecule has 5 heteroatoms. The van der Waals surface area contributed by atoms with Gasteiger partial charge in [-0.3, -0.25) is 4.79 Å². The highest BCUT2D eigenvalue weighted by Crippen LogP contribution is 2.38. The highest BCUT2D eigenvalue weighted by atomic mass is 19.3. The van der Waals surface area contributed by atoms with E-state index >= 15 is 0 Å². The summed E-state index contributed by atoms with van der Waals surface area (Å²) in [5, 5.41) is 3.32. The molecule has 0 bridgehead atoms. The van der Waals surface area contributed by atoms with Crippen LogP contribution in [0.1, 0.15) is 25.7 Å². The van der Waals surface area contributed by atoms with Gasteiger partial charge in [-0.25, -0.2) is 8.78 Å². The second-order valence-electron chi connectivity index (χ2n) is 6.07. The van der Waals surface area contributed by atoms with Gasteiger partial charge in [0.15, 0.2) is 0 Å². The van der Waals surface area contributed by atoms with Crippen molar-refractivity contribution in [3.8, 4) is 0 Å². The first-order chi connectivity index (χ1) is 8.55. The van der Waals surface area contributed by atoms with Crippen molar-refractivity contribution in [1.82, 2.24) is 10.2 Å². The number of likely N-dealkylation sites (tertiary alicyclic amines) is 1. The summed E-state index contributed by atoms with van der Waals surface area (Å²) in [6.07, 6.45) is 0.825. The molecule has 102 valence electrons. The Bertz CT molecular complexity index is 336. The van der Waals surface area contributed by atoms with Crippen molar-refractivity contribution in [2.75, 3.05) is 26.2 Å². The summed E-state index contributed by atoms with van der Waals surface area (Å²) in [6, 6.07) is 0. The lowest BCUT2D eigenvalue weighted by molar-refractivity contribution is -0.141. The van der Waals surface area contributed by atoms with Gasteiger partial charge in [-0.15, -0.1) is 0 Å². The number of hydrogen-bond donors (Lipinski definition) is 1. The summed E-state index contributed by atoms with van der Waals surface area (Å²) in [5.74, 6) is -2.02. The van der Waals surface area contributed by atoms with Gasteiger partial charge >= 0.3 is 0 Å². The van der Waals surface area contributed by atoms with Crippen molar-refractivity contribution in [3.63, 3.8) is 0 Å². The second-order valence-corrected chi connectivity index (χ2v) is 6.07. The molecule has 1 amide bonds. The first kappa shape index (κ1) is 12.3. The van der Waals surface area contributed by atoms with Crippen LogP contribution in [0.4, 0.5) is 8.78 Å². The molecule has 0 radical (unpaired) electrons. The molecule has 3 aliphatic rings. The molecule has 3 nitrogen and oxygen atoms in total. The maximum Gasteiger partial charge on any atom is 0.248 e. The van der Waals surface area contributed by atoms with Crippen molar-refractivity contribution < 1.29 is 13.6 Å². The van der Waals surface area contributed by atoms with E-state index in [1.165, 1.54) is 0 Å². The summed E-state index contributed by atoms with van der Waals surface area (Å²) in [4.78, 5) is 14.1. The fourth-order valence-electron chi connectivity index (χ4n) is 3.68. The lowest BCUT2D eigenvalue weighted by atomic mass is 9.85. The molecular formula is C13H20F2N2O. The molecule has 2 heterocycles. The van der Waals surface area contributed by atoms with Gasteiger partial charge < -0.3 is 10.2 Å². The smallest absolute Gasteiger partial charge is 0.248 e. The van der Waals surface area contributed by atoms with Crippen LogP contribution in [0.2, 0.25) is 0 Å². The lowest BCUT2D eigenvalue weighted by Crippen LogP contribution is -2.40. The Kier molecular flexibility index (Phi) is 3.04. The van der Waals surface area contributed by atoms with Gasteiger partial charge in [-0.05, 0) is 24.7 Å². The monoisotopic (exact) mass is 258 g/mol. The zero-order valence-corrected chi connectivity index (χ0v) is 10.5. The molecule has 3 atom stereocenters. The largest absolute Gasteiger partial charge is 0.342 e. The van der Waals surface area contributed by atoms with E-state index in [-0.39, 0.29) is 18.7 Å². The van der Waals surface area contributed by atoms with E-state index in [0.29, 0.717) is 24.7 Å². The van der Waals surface area contributed by atoms with Crippen LogP contribution >= 0.6 is 0 Å². The average Bonchev–Trinajstić information content (AvgIpc) is 2.86. The van der Waals surface area contributed by atoms with Crippen LogP contribution in [-0.2, 0) is 4.79 Å². The van der Waals surface area contributed by atoms with Crippen LogP contribution < -0.4 is 5.32 Å². The molecule has 1 aliphatic carbocycles. The highest BCUT2D eigenvalue weighted by Gasteiger charge is 2.44. The molecule has 3 unspecified atom stereocenters. The third-order valence-corrected chi connectivity index (χ3v) is 4.69. The summed E-state index contributed by atoms with van der Waals surface area (Å²) in [6.45, 7) is 3.46. The number of carbonyl (C=O) groups is 1. The molecule has 3 rings (SSSR count). The SMILES string of the molecule is O=C(C1CCCC(F)(F)C1)N1CC2CNCC2C1. The third kappa shape index (κ3) is 2.25. The zero-order valence-electron chi connectivity index (χ0n) is 10.5. The topological polar surface area (TPSA) is 32.3 Å². The van der Waals surface area contributed by atoms with Gasteiger partial charge in [0.25, 0.3) is 0 Å². The number of nitrogens with one attached hydrogen (secondary N) is 1. The number of rotatable bonds is 1. The number of hydrogen-bond acceptors (Lipinski definition) is 2. The first-order valence-electron chi connectivity index (χ1n) is 6.92. The molecular weight excluding hydrogens is 238 g/mol. The van der Waals surface area contributed by atoms with Crippen molar-refractivity contribution >= 4 is 5.91 Å². The quantitative estimate of drug-likeness (QED) is 0.773. The Hall–Kier alpha value is -0.710. The molecule has 0 aromatic heterocycles. The fraction of sp³-hybridized carbons (Fsp3) is 0.923. The Morgan fingerprint density at radius 1 is 1.22 bits per heavy atom. The molecule has 3 fully saturated rings. The summed E-state index contributed by atoms with van der Waals surface area (Å²) in [7, 11) is 0. The van der Waals surface area contributed by atoms with Crippen LogP contribution in [0, 0.1) is 17.8 Å². The molecule has 0 aromatic carbocycles. The van der Waals surface area contributed by atoms with E-state index in [1.807, 2.05) is 4.90 Å². The predicted octanol–water partition coefficient (Wildman–Crippen LogP) is 1.49. The van der Waals surface area contributed by atoms with Crippen LogP contribution in [0.5, 0.6) is 0 Å². The standard InChI is InChI=1S/C13H20F2N2O/c14-13(15)3-1-2-9(4-13)12(18)17-7-10-5-16-6-11(10)8-17/h9-11,16H,1-8H2. The number of carbonyl (C=O) groups excluding carboxylic acids is 1. The van der Waals surface area contributed by atoms with Crippen LogP contribution in [0.25, 0.3) is 0 Å². The van der Waals surface area contributed by atoms with Crippen LogP contribution in [0.15, 0.2) is 0 Å². The fourth-order valence-corrected chi connectivity index (χ4v) is 3.68. The van der Waals surface area contributed by atoms with Gasteiger partial charge in [0.1, 0.15) is 0 Å². The van der Waals surface area contributed by atoms with Gasteiger partial charge in [0.2, 0.25) is 11.8 Å².